The standard InChI is InChI=1S/C24H29FN2O3/c1-5-22(24(29)26(4)6-2)30-20-12-9-17-13-14-27(16(3)28)23(21(17)15-20)18-7-10-19(25)11-8-18/h7-12,15,22-23H,5-6,13-14H2,1-4H3/t22-,23-/m0/s1. The zero-order chi connectivity index (χ0) is 21.8. The maximum Gasteiger partial charge on any atom is 0.263 e. The molecule has 160 valence electrons. The number of nitrogens with zero attached hydrogens (tertiary/aromatic N) is 2. The van der Waals surface area contributed by atoms with E-state index in [-0.39, 0.29) is 23.7 Å². The van der Waals surface area contributed by atoms with Crippen LogP contribution in [0.15, 0.2) is 42.5 Å². The number of halogens is 1. The third kappa shape index (κ3) is 4.48. The zero-order valence-electron chi connectivity index (χ0n) is 18.0. The van der Waals surface area contributed by atoms with Gasteiger partial charge in [0.05, 0.1) is 6.04 Å². The molecular weight excluding hydrogens is 383 g/mol. The van der Waals surface area contributed by atoms with Crippen molar-refractivity contribution in [1.29, 1.82) is 0 Å². The summed E-state index contributed by atoms with van der Waals surface area (Å²) in [6.07, 6.45) is 0.729. The molecule has 0 aromatic heterocycles. The molecule has 1 aliphatic rings. The van der Waals surface area contributed by atoms with Crippen LogP contribution in [0.1, 0.15) is 49.9 Å². The van der Waals surface area contributed by atoms with Crippen molar-refractivity contribution in [3.05, 3.63) is 65.0 Å². The molecule has 2 amide bonds. The molecule has 0 spiro atoms. The minimum atomic E-state index is -0.565. The largest absolute Gasteiger partial charge is 0.481 e. The van der Waals surface area contributed by atoms with Gasteiger partial charge in [0.25, 0.3) is 5.91 Å². The van der Waals surface area contributed by atoms with Crippen LogP contribution in [0.4, 0.5) is 4.39 Å². The van der Waals surface area contributed by atoms with Gasteiger partial charge in [-0.3, -0.25) is 9.59 Å². The molecule has 1 aliphatic heterocycles. The molecule has 6 heteroatoms. The van der Waals surface area contributed by atoms with Crippen LogP contribution in [0.5, 0.6) is 5.75 Å². The van der Waals surface area contributed by atoms with Gasteiger partial charge in [0.15, 0.2) is 6.10 Å². The van der Waals surface area contributed by atoms with Crippen molar-refractivity contribution in [3.8, 4) is 5.75 Å². The molecule has 2 aromatic rings. The second-order valence-corrected chi connectivity index (χ2v) is 7.64. The topological polar surface area (TPSA) is 49.9 Å². The van der Waals surface area contributed by atoms with Gasteiger partial charge in [-0.2, -0.15) is 0 Å². The molecule has 0 fully saturated rings. The highest BCUT2D eigenvalue weighted by Gasteiger charge is 2.31. The first-order valence-corrected chi connectivity index (χ1v) is 10.4. The summed E-state index contributed by atoms with van der Waals surface area (Å²) < 4.78 is 19.5. The first-order chi connectivity index (χ1) is 14.3. The second kappa shape index (κ2) is 9.28. The van der Waals surface area contributed by atoms with Crippen molar-refractivity contribution in [2.45, 2.75) is 45.8 Å². The Labute approximate surface area is 177 Å². The average Bonchev–Trinajstić information content (AvgIpc) is 2.76. The average molecular weight is 413 g/mol. The number of benzene rings is 2. The molecule has 30 heavy (non-hydrogen) atoms. The highest BCUT2D eigenvalue weighted by Crippen LogP contribution is 2.37. The fraction of sp³-hybridized carbons (Fsp3) is 0.417. The summed E-state index contributed by atoms with van der Waals surface area (Å²) in [4.78, 5) is 28.3. The maximum absolute atomic E-state index is 13.5. The van der Waals surface area contributed by atoms with Crippen molar-refractivity contribution < 1.29 is 18.7 Å². The molecule has 0 aliphatic carbocycles. The highest BCUT2D eigenvalue weighted by atomic mass is 19.1. The molecule has 3 rings (SSSR count). The lowest BCUT2D eigenvalue weighted by atomic mass is 9.88. The van der Waals surface area contributed by atoms with Gasteiger partial charge in [-0.25, -0.2) is 4.39 Å². The number of carbonyl (C=O) groups is 2. The number of ether oxygens (including phenoxy) is 1. The summed E-state index contributed by atoms with van der Waals surface area (Å²) in [7, 11) is 1.76. The molecule has 5 nitrogen and oxygen atoms in total. The number of likely N-dealkylation sites (N-methyl/N-ethyl adjacent to an activating group) is 1. The predicted molar refractivity (Wildman–Crippen MR) is 114 cm³/mol. The Kier molecular flexibility index (Phi) is 6.75. The van der Waals surface area contributed by atoms with E-state index >= 15 is 0 Å². The number of rotatable bonds is 6. The van der Waals surface area contributed by atoms with Gasteiger partial charge >= 0.3 is 0 Å². The first-order valence-electron chi connectivity index (χ1n) is 10.4. The zero-order valence-corrected chi connectivity index (χ0v) is 18.0. The molecule has 2 aromatic carbocycles. The fourth-order valence-electron chi connectivity index (χ4n) is 3.88. The monoisotopic (exact) mass is 412 g/mol. The van der Waals surface area contributed by atoms with Crippen molar-refractivity contribution in [2.24, 2.45) is 0 Å². The second-order valence-electron chi connectivity index (χ2n) is 7.64. The Balaban J connectivity index is 1.98. The van der Waals surface area contributed by atoms with Crippen LogP contribution in [0.25, 0.3) is 0 Å². The minimum Gasteiger partial charge on any atom is -0.481 e. The number of fused-ring (bicyclic) bond motifs is 1. The van der Waals surface area contributed by atoms with E-state index in [4.69, 9.17) is 4.74 Å². The summed E-state index contributed by atoms with van der Waals surface area (Å²) in [5.41, 5.74) is 2.92. The molecular formula is C24H29FN2O3. The lowest BCUT2D eigenvalue weighted by Crippen LogP contribution is -2.40. The van der Waals surface area contributed by atoms with Crippen molar-refractivity contribution in [1.82, 2.24) is 9.80 Å². The van der Waals surface area contributed by atoms with Crippen LogP contribution in [0.2, 0.25) is 0 Å². The van der Waals surface area contributed by atoms with E-state index in [1.54, 1.807) is 35.9 Å². The Morgan fingerprint density at radius 2 is 1.90 bits per heavy atom. The lowest BCUT2D eigenvalue weighted by molar-refractivity contribution is -0.137. The van der Waals surface area contributed by atoms with E-state index in [9.17, 15) is 14.0 Å². The highest BCUT2D eigenvalue weighted by molar-refractivity contribution is 5.81. The van der Waals surface area contributed by atoms with Crippen molar-refractivity contribution in [2.75, 3.05) is 20.1 Å². The van der Waals surface area contributed by atoms with Crippen LogP contribution >= 0.6 is 0 Å². The Morgan fingerprint density at radius 3 is 2.50 bits per heavy atom. The van der Waals surface area contributed by atoms with Crippen molar-refractivity contribution >= 4 is 11.8 Å². The van der Waals surface area contributed by atoms with Crippen molar-refractivity contribution in [3.63, 3.8) is 0 Å². The van der Waals surface area contributed by atoms with Gasteiger partial charge in [-0.05, 0) is 60.7 Å². The van der Waals surface area contributed by atoms with E-state index in [0.717, 1.165) is 23.1 Å². The van der Waals surface area contributed by atoms with Crippen LogP contribution in [-0.2, 0) is 16.0 Å². The molecule has 1 heterocycles. The summed E-state index contributed by atoms with van der Waals surface area (Å²) in [6.45, 7) is 6.61. The molecule has 2 atom stereocenters. The Morgan fingerprint density at radius 1 is 1.20 bits per heavy atom. The maximum atomic E-state index is 13.5. The fourth-order valence-corrected chi connectivity index (χ4v) is 3.88. The molecule has 0 saturated heterocycles. The van der Waals surface area contributed by atoms with Crippen LogP contribution in [-0.4, -0.2) is 47.9 Å². The predicted octanol–water partition coefficient (Wildman–Crippen LogP) is 3.96. The summed E-state index contributed by atoms with van der Waals surface area (Å²) >= 11 is 0. The van der Waals surface area contributed by atoms with Gasteiger partial charge in [0.1, 0.15) is 11.6 Å². The van der Waals surface area contributed by atoms with Gasteiger partial charge in [0.2, 0.25) is 5.91 Å². The molecule has 0 radical (unpaired) electrons. The summed E-state index contributed by atoms with van der Waals surface area (Å²) in [5, 5.41) is 0. The summed E-state index contributed by atoms with van der Waals surface area (Å²) in [6, 6.07) is 11.7. The van der Waals surface area contributed by atoms with Crippen LogP contribution in [0.3, 0.4) is 0 Å². The third-order valence-electron chi connectivity index (χ3n) is 5.71. The molecule has 0 bridgehead atoms. The van der Waals surface area contributed by atoms with E-state index in [0.29, 0.717) is 25.3 Å². The number of carbonyl (C=O) groups excluding carboxylic acids is 2. The Hall–Kier alpha value is -2.89. The smallest absolute Gasteiger partial charge is 0.263 e. The quantitative estimate of drug-likeness (QED) is 0.722. The molecule has 0 N–H and O–H groups in total. The molecule has 0 unspecified atom stereocenters. The number of amides is 2. The summed E-state index contributed by atoms with van der Waals surface area (Å²) in [5.74, 6) is 0.187. The van der Waals surface area contributed by atoms with Crippen LogP contribution in [0, 0.1) is 5.82 Å². The van der Waals surface area contributed by atoms with E-state index in [1.807, 2.05) is 32.0 Å². The van der Waals surface area contributed by atoms with E-state index in [1.165, 1.54) is 12.1 Å². The third-order valence-corrected chi connectivity index (χ3v) is 5.71. The van der Waals surface area contributed by atoms with Gasteiger partial charge in [-0.1, -0.05) is 25.1 Å². The molecule has 0 saturated carbocycles. The van der Waals surface area contributed by atoms with E-state index < -0.39 is 6.10 Å². The van der Waals surface area contributed by atoms with E-state index in [2.05, 4.69) is 0 Å². The first kappa shape index (κ1) is 21.8. The normalized spacial score (nSPS) is 16.6. The van der Waals surface area contributed by atoms with Gasteiger partial charge < -0.3 is 14.5 Å². The number of hydrogen-bond donors (Lipinski definition) is 0. The lowest BCUT2D eigenvalue weighted by Gasteiger charge is -2.37. The Bertz CT molecular complexity index is 913. The van der Waals surface area contributed by atoms with Gasteiger partial charge in [-0.15, -0.1) is 0 Å². The van der Waals surface area contributed by atoms with Gasteiger partial charge in [0, 0.05) is 27.1 Å². The SMILES string of the molecule is CC[C@H](Oc1ccc2c(c1)[C@H](c1ccc(F)cc1)N(C(C)=O)CC2)C(=O)N(C)CC. The van der Waals surface area contributed by atoms with Crippen LogP contribution < -0.4 is 4.74 Å². The minimum absolute atomic E-state index is 0.0347. The number of hydrogen-bond acceptors (Lipinski definition) is 3.